The van der Waals surface area contributed by atoms with Crippen LogP contribution in [0.2, 0.25) is 10.2 Å². The van der Waals surface area contributed by atoms with E-state index in [9.17, 15) is 8.42 Å². The van der Waals surface area contributed by atoms with Gasteiger partial charge < -0.3 is 4.74 Å². The Morgan fingerprint density at radius 3 is 2.78 bits per heavy atom. The van der Waals surface area contributed by atoms with Gasteiger partial charge in [0, 0.05) is 25.9 Å². The Hall–Kier alpha value is -0.400. The van der Waals surface area contributed by atoms with Crippen LogP contribution in [-0.2, 0) is 14.8 Å². The van der Waals surface area contributed by atoms with Gasteiger partial charge in [-0.15, -0.1) is 0 Å². The minimum Gasteiger partial charge on any atom is -0.380 e. The molecule has 100 valence electrons. The average molecular weight is 311 g/mol. The van der Waals surface area contributed by atoms with Crippen molar-refractivity contribution in [2.45, 2.75) is 11.3 Å². The lowest BCUT2D eigenvalue weighted by Gasteiger charge is -2.19. The molecular formula is C10H12Cl2N2O3S. The molecule has 8 heteroatoms. The number of aromatic nitrogens is 1. The second-order valence-electron chi connectivity index (χ2n) is 3.81. The first-order valence-electron chi connectivity index (χ1n) is 5.41. The Balaban J connectivity index is 2.31. The molecule has 1 saturated heterocycles. The predicted octanol–water partition coefficient (Wildman–Crippen LogP) is 1.80. The highest BCUT2D eigenvalue weighted by Crippen LogP contribution is 2.24. The van der Waals surface area contributed by atoms with Gasteiger partial charge in [0.25, 0.3) is 0 Å². The lowest BCUT2D eigenvalue weighted by molar-refractivity contribution is 0.148. The summed E-state index contributed by atoms with van der Waals surface area (Å²) < 4.78 is 31.3. The second kappa shape index (κ2) is 5.71. The van der Waals surface area contributed by atoms with Crippen LogP contribution in [0.1, 0.15) is 6.42 Å². The zero-order valence-electron chi connectivity index (χ0n) is 9.47. The molecule has 0 saturated carbocycles. The molecule has 5 nitrogen and oxygen atoms in total. The molecule has 1 aliphatic heterocycles. The van der Waals surface area contributed by atoms with Crippen molar-refractivity contribution < 1.29 is 13.2 Å². The van der Waals surface area contributed by atoms with Crippen molar-refractivity contribution in [3.8, 4) is 0 Å². The molecule has 0 unspecified atom stereocenters. The molecule has 2 heterocycles. The molecule has 18 heavy (non-hydrogen) atoms. The molecule has 1 fully saturated rings. The normalized spacial score (nSPS) is 18.6. The first kappa shape index (κ1) is 14.0. The van der Waals surface area contributed by atoms with Crippen LogP contribution in [0.5, 0.6) is 0 Å². The minimum absolute atomic E-state index is 0.0544. The zero-order valence-corrected chi connectivity index (χ0v) is 11.8. The van der Waals surface area contributed by atoms with Gasteiger partial charge in [-0.2, -0.15) is 4.31 Å². The number of nitrogens with zero attached hydrogens (tertiary/aromatic N) is 2. The summed E-state index contributed by atoms with van der Waals surface area (Å²) in [6.07, 6.45) is 1.89. The maximum Gasteiger partial charge on any atom is 0.244 e. The fourth-order valence-corrected chi connectivity index (χ4v) is 3.43. The summed E-state index contributed by atoms with van der Waals surface area (Å²) in [6.45, 7) is 1.74. The number of hydrogen-bond donors (Lipinski definition) is 0. The van der Waals surface area contributed by atoms with Crippen molar-refractivity contribution in [1.82, 2.24) is 9.29 Å². The maximum atomic E-state index is 12.3. The summed E-state index contributed by atoms with van der Waals surface area (Å²) in [6, 6.07) is 1.32. The number of sulfonamides is 1. The number of halogens is 2. The van der Waals surface area contributed by atoms with Crippen LogP contribution in [0.15, 0.2) is 17.2 Å². The van der Waals surface area contributed by atoms with Crippen LogP contribution in [0.25, 0.3) is 0 Å². The standard InChI is InChI=1S/C10H12Cl2N2O3S/c11-9-6-8(7-13-10(9)12)18(15,16)14-2-1-4-17-5-3-14/h6-7H,1-5H2. The van der Waals surface area contributed by atoms with Crippen LogP contribution in [-0.4, -0.2) is 44.0 Å². The first-order chi connectivity index (χ1) is 8.51. The Morgan fingerprint density at radius 2 is 2.06 bits per heavy atom. The molecule has 0 radical (unpaired) electrons. The monoisotopic (exact) mass is 310 g/mol. The van der Waals surface area contributed by atoms with Gasteiger partial charge in [-0.25, -0.2) is 13.4 Å². The van der Waals surface area contributed by atoms with Gasteiger partial charge in [0.2, 0.25) is 10.0 Å². The fourth-order valence-electron chi connectivity index (χ4n) is 1.66. The van der Waals surface area contributed by atoms with Gasteiger partial charge >= 0.3 is 0 Å². The molecule has 0 aromatic carbocycles. The third kappa shape index (κ3) is 2.95. The van der Waals surface area contributed by atoms with E-state index < -0.39 is 10.0 Å². The van der Waals surface area contributed by atoms with Crippen LogP contribution < -0.4 is 0 Å². The molecule has 2 rings (SSSR count). The molecule has 0 spiro atoms. The SMILES string of the molecule is O=S(=O)(c1cnc(Cl)c(Cl)c1)N1CCCOCC1. The van der Waals surface area contributed by atoms with Crippen molar-refractivity contribution in [3.05, 3.63) is 22.4 Å². The summed E-state index contributed by atoms with van der Waals surface area (Å²) in [5.74, 6) is 0. The van der Waals surface area contributed by atoms with E-state index in [-0.39, 0.29) is 15.1 Å². The highest BCUT2D eigenvalue weighted by Gasteiger charge is 2.26. The van der Waals surface area contributed by atoms with Gasteiger partial charge in [0.1, 0.15) is 10.0 Å². The molecule has 0 bridgehead atoms. The Labute approximate surface area is 116 Å². The fraction of sp³-hybridized carbons (Fsp3) is 0.500. The number of rotatable bonds is 2. The molecule has 0 amide bonds. The molecule has 0 atom stereocenters. The highest BCUT2D eigenvalue weighted by molar-refractivity contribution is 7.89. The van der Waals surface area contributed by atoms with Crippen LogP contribution in [0.3, 0.4) is 0 Å². The van der Waals surface area contributed by atoms with E-state index in [1.165, 1.54) is 16.6 Å². The van der Waals surface area contributed by atoms with Gasteiger partial charge in [-0.3, -0.25) is 0 Å². The van der Waals surface area contributed by atoms with Gasteiger partial charge in [0.05, 0.1) is 11.6 Å². The van der Waals surface area contributed by atoms with E-state index in [0.29, 0.717) is 32.7 Å². The van der Waals surface area contributed by atoms with Crippen molar-refractivity contribution in [2.75, 3.05) is 26.3 Å². The maximum absolute atomic E-state index is 12.3. The van der Waals surface area contributed by atoms with Gasteiger partial charge in [0.15, 0.2) is 0 Å². The van der Waals surface area contributed by atoms with Crippen molar-refractivity contribution in [1.29, 1.82) is 0 Å². The topological polar surface area (TPSA) is 59.5 Å². The predicted molar refractivity (Wildman–Crippen MR) is 68.5 cm³/mol. The van der Waals surface area contributed by atoms with E-state index in [1.807, 2.05) is 0 Å². The van der Waals surface area contributed by atoms with Crippen LogP contribution in [0.4, 0.5) is 0 Å². The van der Waals surface area contributed by atoms with E-state index in [4.69, 9.17) is 27.9 Å². The summed E-state index contributed by atoms with van der Waals surface area (Å²) in [4.78, 5) is 3.81. The highest BCUT2D eigenvalue weighted by atomic mass is 35.5. The van der Waals surface area contributed by atoms with Crippen molar-refractivity contribution in [3.63, 3.8) is 0 Å². The number of pyridine rings is 1. The summed E-state index contributed by atoms with van der Waals surface area (Å²) in [5.41, 5.74) is 0. The van der Waals surface area contributed by atoms with Crippen LogP contribution in [0, 0.1) is 0 Å². The van der Waals surface area contributed by atoms with E-state index in [0.717, 1.165) is 0 Å². The number of hydrogen-bond acceptors (Lipinski definition) is 4. The lowest BCUT2D eigenvalue weighted by atomic mass is 10.5. The largest absolute Gasteiger partial charge is 0.380 e. The molecule has 1 aromatic rings. The smallest absolute Gasteiger partial charge is 0.244 e. The molecule has 0 N–H and O–H groups in total. The third-order valence-electron chi connectivity index (χ3n) is 2.59. The van der Waals surface area contributed by atoms with E-state index >= 15 is 0 Å². The summed E-state index contributed by atoms with van der Waals surface area (Å²) in [7, 11) is -3.58. The summed E-state index contributed by atoms with van der Waals surface area (Å²) in [5, 5.41) is 0.221. The Kier molecular flexibility index (Phi) is 4.45. The molecular weight excluding hydrogens is 299 g/mol. The first-order valence-corrected chi connectivity index (χ1v) is 7.60. The Morgan fingerprint density at radius 1 is 1.28 bits per heavy atom. The molecule has 0 aliphatic carbocycles. The molecule has 1 aliphatic rings. The Bertz CT molecular complexity index is 528. The quantitative estimate of drug-likeness (QED) is 0.782. The van der Waals surface area contributed by atoms with Crippen LogP contribution >= 0.6 is 23.2 Å². The van der Waals surface area contributed by atoms with Crippen molar-refractivity contribution in [2.24, 2.45) is 0 Å². The zero-order chi connectivity index (χ0) is 13.2. The average Bonchev–Trinajstić information content (AvgIpc) is 2.61. The summed E-state index contributed by atoms with van der Waals surface area (Å²) >= 11 is 11.5. The minimum atomic E-state index is -3.58. The molecule has 1 aromatic heterocycles. The van der Waals surface area contributed by atoms with E-state index in [2.05, 4.69) is 4.98 Å². The number of ether oxygens (including phenoxy) is 1. The second-order valence-corrected chi connectivity index (χ2v) is 6.52. The van der Waals surface area contributed by atoms with E-state index in [1.54, 1.807) is 0 Å². The van der Waals surface area contributed by atoms with Crippen molar-refractivity contribution >= 4 is 33.2 Å². The lowest BCUT2D eigenvalue weighted by Crippen LogP contribution is -2.33. The third-order valence-corrected chi connectivity index (χ3v) is 5.14. The van der Waals surface area contributed by atoms with Gasteiger partial charge in [-0.05, 0) is 12.5 Å². The van der Waals surface area contributed by atoms with Gasteiger partial charge in [-0.1, -0.05) is 23.2 Å².